The zero-order chi connectivity index (χ0) is 14.2. The Labute approximate surface area is 107 Å². The molecule has 0 bridgehead atoms. The molecule has 0 aliphatic carbocycles. The third kappa shape index (κ3) is 2.80. The molecule has 4 nitrogen and oxygen atoms in total. The summed E-state index contributed by atoms with van der Waals surface area (Å²) in [5.41, 5.74) is 1.11. The van der Waals surface area contributed by atoms with Crippen molar-refractivity contribution >= 4 is 5.91 Å². The van der Waals surface area contributed by atoms with Crippen LogP contribution in [0.4, 0.5) is 13.2 Å². The van der Waals surface area contributed by atoms with E-state index in [2.05, 4.69) is 4.98 Å². The quantitative estimate of drug-likeness (QED) is 0.778. The molecule has 1 aromatic rings. The highest BCUT2D eigenvalue weighted by Gasteiger charge is 2.43. The highest BCUT2D eigenvalue weighted by Crippen LogP contribution is 2.26. The van der Waals surface area contributed by atoms with Crippen molar-refractivity contribution in [2.75, 3.05) is 13.1 Å². The van der Waals surface area contributed by atoms with E-state index in [1.165, 1.54) is 6.07 Å². The molecule has 1 aliphatic heterocycles. The lowest BCUT2D eigenvalue weighted by Gasteiger charge is -2.23. The van der Waals surface area contributed by atoms with Crippen molar-refractivity contribution in [1.82, 2.24) is 9.88 Å². The van der Waals surface area contributed by atoms with Gasteiger partial charge >= 0.3 is 12.1 Å². The van der Waals surface area contributed by atoms with Gasteiger partial charge in [-0.2, -0.15) is 13.2 Å². The van der Waals surface area contributed by atoms with Crippen LogP contribution in [0.15, 0.2) is 16.9 Å². The van der Waals surface area contributed by atoms with Gasteiger partial charge in [-0.3, -0.25) is 9.59 Å². The lowest BCUT2D eigenvalue weighted by atomic mass is 10.0. The van der Waals surface area contributed by atoms with Gasteiger partial charge in [0.05, 0.1) is 0 Å². The van der Waals surface area contributed by atoms with Gasteiger partial charge in [0.15, 0.2) is 0 Å². The molecule has 1 atom stereocenters. The van der Waals surface area contributed by atoms with Crippen LogP contribution in [0.1, 0.15) is 24.1 Å². The Morgan fingerprint density at radius 1 is 1.42 bits per heavy atom. The standard InChI is InChI=1S/C12H13F3N2O2/c1-7-6-17(11(19)12(13,14)15)5-4-8-2-3-9(18)16-10(7)8/h2-3,7H,4-6H2,1H3,(H,16,18). The molecule has 1 aromatic heterocycles. The molecule has 1 aliphatic rings. The lowest BCUT2D eigenvalue weighted by Crippen LogP contribution is -2.43. The third-order valence-corrected chi connectivity index (χ3v) is 3.21. The van der Waals surface area contributed by atoms with Crippen LogP contribution < -0.4 is 5.56 Å². The highest BCUT2D eigenvalue weighted by atomic mass is 19.4. The zero-order valence-corrected chi connectivity index (χ0v) is 10.3. The van der Waals surface area contributed by atoms with Gasteiger partial charge < -0.3 is 9.88 Å². The minimum atomic E-state index is -4.86. The molecular weight excluding hydrogens is 261 g/mol. The van der Waals surface area contributed by atoms with Crippen LogP contribution >= 0.6 is 0 Å². The molecule has 7 heteroatoms. The number of nitrogens with zero attached hydrogens (tertiary/aromatic N) is 1. The number of fused-ring (bicyclic) bond motifs is 1. The van der Waals surface area contributed by atoms with Crippen LogP contribution in [-0.2, 0) is 11.2 Å². The van der Waals surface area contributed by atoms with Crippen LogP contribution in [0.3, 0.4) is 0 Å². The van der Waals surface area contributed by atoms with Crippen LogP contribution in [0.2, 0.25) is 0 Å². The predicted octanol–water partition coefficient (Wildman–Crippen LogP) is 1.43. The Hall–Kier alpha value is -1.79. The lowest BCUT2D eigenvalue weighted by molar-refractivity contribution is -0.185. The number of amides is 1. The number of carbonyl (C=O) groups excluding carboxylic acids is 1. The summed E-state index contributed by atoms with van der Waals surface area (Å²) in [6, 6.07) is 2.94. The fraction of sp³-hybridized carbons (Fsp3) is 0.500. The Morgan fingerprint density at radius 3 is 2.74 bits per heavy atom. The maximum absolute atomic E-state index is 12.4. The topological polar surface area (TPSA) is 53.2 Å². The van der Waals surface area contributed by atoms with Crippen molar-refractivity contribution in [1.29, 1.82) is 0 Å². The smallest absolute Gasteiger partial charge is 0.334 e. The maximum Gasteiger partial charge on any atom is 0.471 e. The van der Waals surface area contributed by atoms with E-state index in [-0.39, 0.29) is 24.6 Å². The fourth-order valence-electron chi connectivity index (χ4n) is 2.31. The predicted molar refractivity (Wildman–Crippen MR) is 61.8 cm³/mol. The molecule has 2 rings (SSSR count). The summed E-state index contributed by atoms with van der Waals surface area (Å²) in [7, 11) is 0. The first kappa shape index (κ1) is 13.6. The van der Waals surface area contributed by atoms with Gasteiger partial charge in [-0.25, -0.2) is 0 Å². The summed E-state index contributed by atoms with van der Waals surface area (Å²) in [6.07, 6.45) is -4.55. The fourth-order valence-corrected chi connectivity index (χ4v) is 2.31. The minimum absolute atomic E-state index is 0.00171. The molecule has 0 spiro atoms. The molecule has 0 radical (unpaired) electrons. The van der Waals surface area contributed by atoms with E-state index in [0.29, 0.717) is 12.1 Å². The summed E-state index contributed by atoms with van der Waals surface area (Å²) in [6.45, 7) is 1.64. The second-order valence-corrected chi connectivity index (χ2v) is 4.66. The van der Waals surface area contributed by atoms with Crippen molar-refractivity contribution in [2.24, 2.45) is 0 Å². The average Bonchev–Trinajstić information content (AvgIpc) is 2.47. The highest BCUT2D eigenvalue weighted by molar-refractivity contribution is 5.82. The van der Waals surface area contributed by atoms with E-state index < -0.39 is 12.1 Å². The van der Waals surface area contributed by atoms with Crippen molar-refractivity contribution in [2.45, 2.75) is 25.4 Å². The Bertz CT molecular complexity index is 551. The normalized spacial score (nSPS) is 19.8. The molecule has 2 heterocycles. The van der Waals surface area contributed by atoms with E-state index in [1.54, 1.807) is 13.0 Å². The number of alkyl halides is 3. The van der Waals surface area contributed by atoms with Crippen LogP contribution in [0.25, 0.3) is 0 Å². The molecule has 0 aromatic carbocycles. The van der Waals surface area contributed by atoms with Crippen molar-refractivity contribution in [3.8, 4) is 0 Å². The molecular formula is C12H13F3N2O2. The molecule has 104 valence electrons. The number of halogens is 3. The monoisotopic (exact) mass is 274 g/mol. The van der Waals surface area contributed by atoms with E-state index in [0.717, 1.165) is 10.5 Å². The number of hydrogen-bond acceptors (Lipinski definition) is 2. The summed E-state index contributed by atoms with van der Waals surface area (Å²) in [5.74, 6) is -2.16. The average molecular weight is 274 g/mol. The Morgan fingerprint density at radius 2 is 2.11 bits per heavy atom. The van der Waals surface area contributed by atoms with Crippen LogP contribution in [0.5, 0.6) is 0 Å². The minimum Gasteiger partial charge on any atom is -0.334 e. The van der Waals surface area contributed by atoms with Gasteiger partial charge in [0, 0.05) is 30.8 Å². The van der Waals surface area contributed by atoms with Crippen LogP contribution in [-0.4, -0.2) is 35.1 Å². The molecule has 1 N–H and O–H groups in total. The van der Waals surface area contributed by atoms with Gasteiger partial charge in [-0.15, -0.1) is 0 Å². The number of aromatic amines is 1. The van der Waals surface area contributed by atoms with E-state index in [1.807, 2.05) is 0 Å². The summed E-state index contributed by atoms with van der Waals surface area (Å²) in [4.78, 5) is 26.0. The SMILES string of the molecule is CC1CN(C(=O)C(F)(F)F)CCc2ccc(=O)[nH]c21. The van der Waals surface area contributed by atoms with Crippen molar-refractivity contribution in [3.63, 3.8) is 0 Å². The number of aromatic nitrogens is 1. The van der Waals surface area contributed by atoms with Gasteiger partial charge in [0.1, 0.15) is 0 Å². The summed E-state index contributed by atoms with van der Waals surface area (Å²) in [5, 5.41) is 0. The van der Waals surface area contributed by atoms with Gasteiger partial charge in [0.2, 0.25) is 5.56 Å². The number of H-pyrrole nitrogens is 1. The molecule has 0 fully saturated rings. The molecule has 0 saturated heterocycles. The second-order valence-electron chi connectivity index (χ2n) is 4.66. The largest absolute Gasteiger partial charge is 0.471 e. The molecule has 19 heavy (non-hydrogen) atoms. The van der Waals surface area contributed by atoms with E-state index >= 15 is 0 Å². The summed E-state index contributed by atoms with van der Waals surface area (Å²) >= 11 is 0. The van der Waals surface area contributed by atoms with E-state index in [9.17, 15) is 22.8 Å². The van der Waals surface area contributed by atoms with E-state index in [4.69, 9.17) is 0 Å². The third-order valence-electron chi connectivity index (χ3n) is 3.21. The second kappa shape index (κ2) is 4.71. The molecule has 1 amide bonds. The first-order valence-corrected chi connectivity index (χ1v) is 5.87. The number of hydrogen-bond donors (Lipinski definition) is 1. The first-order valence-electron chi connectivity index (χ1n) is 5.87. The Kier molecular flexibility index (Phi) is 3.38. The Balaban J connectivity index is 2.28. The molecule has 0 saturated carbocycles. The maximum atomic E-state index is 12.4. The van der Waals surface area contributed by atoms with Gasteiger partial charge in [-0.05, 0) is 12.0 Å². The first-order chi connectivity index (χ1) is 8.79. The number of carbonyl (C=O) groups is 1. The number of nitrogens with one attached hydrogen (secondary N) is 1. The van der Waals surface area contributed by atoms with Gasteiger partial charge in [0.25, 0.3) is 0 Å². The van der Waals surface area contributed by atoms with Crippen LogP contribution in [0, 0.1) is 0 Å². The van der Waals surface area contributed by atoms with Crippen molar-refractivity contribution < 1.29 is 18.0 Å². The molecule has 1 unspecified atom stereocenters. The zero-order valence-electron chi connectivity index (χ0n) is 10.3. The number of rotatable bonds is 0. The number of pyridine rings is 1. The van der Waals surface area contributed by atoms with Crippen molar-refractivity contribution in [3.05, 3.63) is 33.7 Å². The van der Waals surface area contributed by atoms with Gasteiger partial charge in [-0.1, -0.05) is 13.0 Å². The summed E-state index contributed by atoms with van der Waals surface area (Å²) < 4.78 is 37.3.